The van der Waals surface area contributed by atoms with Crippen LogP contribution in [-0.2, 0) is 9.53 Å². The van der Waals surface area contributed by atoms with E-state index in [-0.39, 0.29) is 0 Å². The first-order valence-electron chi connectivity index (χ1n) is 2.19. The molecular weight excluding hydrogens is 129 g/mol. The zero-order valence-electron chi connectivity index (χ0n) is 4.76. The number of amides is 1. The summed E-state index contributed by atoms with van der Waals surface area (Å²) in [5.74, 6) is 0. The van der Waals surface area contributed by atoms with Crippen molar-refractivity contribution in [2.75, 3.05) is 0 Å². The molecule has 0 radical (unpaired) electrons. The SMILES string of the molecule is C[C@@H](OC(N)=O)C(=O)F. The molecule has 0 spiro atoms. The molecule has 4 nitrogen and oxygen atoms in total. The fraction of sp³-hybridized carbons (Fsp3) is 0.500. The van der Waals surface area contributed by atoms with Gasteiger partial charge in [-0.25, -0.2) is 4.79 Å². The van der Waals surface area contributed by atoms with E-state index in [1.807, 2.05) is 0 Å². The lowest BCUT2D eigenvalue weighted by molar-refractivity contribution is -0.137. The molecule has 0 saturated carbocycles. The summed E-state index contributed by atoms with van der Waals surface area (Å²) in [6.07, 6.45) is -2.55. The number of rotatable bonds is 2. The molecule has 0 fully saturated rings. The maximum atomic E-state index is 11.5. The highest BCUT2D eigenvalue weighted by molar-refractivity contribution is 5.76. The van der Waals surface area contributed by atoms with Crippen LogP contribution in [0.5, 0.6) is 0 Å². The summed E-state index contributed by atoms with van der Waals surface area (Å²) in [4.78, 5) is 19.5. The molecule has 0 aromatic heterocycles. The smallest absolute Gasteiger partial charge is 0.405 e. The van der Waals surface area contributed by atoms with Crippen LogP contribution >= 0.6 is 0 Å². The predicted molar refractivity (Wildman–Crippen MR) is 26.2 cm³/mol. The van der Waals surface area contributed by atoms with Gasteiger partial charge in [-0.15, -0.1) is 0 Å². The molecule has 52 valence electrons. The standard InChI is InChI=1S/C4H6FNO3/c1-2(3(5)7)9-4(6)8/h2H,1H3,(H2,6,8)/t2-/m1/s1. The largest absolute Gasteiger partial charge is 0.436 e. The first kappa shape index (κ1) is 7.87. The normalized spacial score (nSPS) is 12.2. The van der Waals surface area contributed by atoms with E-state index >= 15 is 0 Å². The summed E-state index contributed by atoms with van der Waals surface area (Å²) >= 11 is 0. The van der Waals surface area contributed by atoms with E-state index in [0.717, 1.165) is 6.92 Å². The van der Waals surface area contributed by atoms with Gasteiger partial charge in [-0.05, 0) is 6.92 Å². The molecule has 9 heavy (non-hydrogen) atoms. The van der Waals surface area contributed by atoms with Crippen molar-refractivity contribution in [3.8, 4) is 0 Å². The first-order chi connectivity index (χ1) is 4.04. The summed E-state index contributed by atoms with van der Waals surface area (Å²) in [5, 5.41) is 0. The number of primary amides is 1. The van der Waals surface area contributed by atoms with Gasteiger partial charge in [-0.1, -0.05) is 0 Å². The van der Waals surface area contributed by atoms with E-state index in [9.17, 15) is 14.0 Å². The number of nitrogens with two attached hydrogens (primary N) is 1. The van der Waals surface area contributed by atoms with E-state index in [4.69, 9.17) is 0 Å². The van der Waals surface area contributed by atoms with Gasteiger partial charge in [0.15, 0.2) is 6.10 Å². The highest BCUT2D eigenvalue weighted by Crippen LogP contribution is 1.91. The van der Waals surface area contributed by atoms with E-state index in [1.54, 1.807) is 0 Å². The molecule has 0 aromatic rings. The Labute approximate surface area is 50.8 Å². The third-order valence-electron chi connectivity index (χ3n) is 0.613. The van der Waals surface area contributed by atoms with Gasteiger partial charge in [-0.3, -0.25) is 4.79 Å². The van der Waals surface area contributed by atoms with Crippen molar-refractivity contribution in [3.63, 3.8) is 0 Å². The van der Waals surface area contributed by atoms with Crippen LogP contribution in [0.2, 0.25) is 0 Å². The number of halogens is 1. The van der Waals surface area contributed by atoms with Crippen molar-refractivity contribution in [3.05, 3.63) is 0 Å². The van der Waals surface area contributed by atoms with E-state index in [2.05, 4.69) is 10.5 Å². The topological polar surface area (TPSA) is 69.4 Å². The quantitative estimate of drug-likeness (QED) is 0.540. The van der Waals surface area contributed by atoms with E-state index in [0.29, 0.717) is 0 Å². The van der Waals surface area contributed by atoms with Crippen LogP contribution in [0.3, 0.4) is 0 Å². The van der Waals surface area contributed by atoms with Crippen LogP contribution in [0.1, 0.15) is 6.92 Å². The zero-order valence-corrected chi connectivity index (χ0v) is 4.76. The average molecular weight is 135 g/mol. The van der Waals surface area contributed by atoms with Crippen LogP contribution in [0.4, 0.5) is 9.18 Å². The summed E-state index contributed by atoms with van der Waals surface area (Å²) in [6.45, 7) is 1.09. The highest BCUT2D eigenvalue weighted by Gasteiger charge is 2.13. The fourth-order valence-corrected chi connectivity index (χ4v) is 0.221. The molecule has 1 amide bonds. The Hall–Kier alpha value is -1.13. The van der Waals surface area contributed by atoms with Crippen molar-refractivity contribution >= 4 is 12.1 Å². The van der Waals surface area contributed by atoms with Gasteiger partial charge >= 0.3 is 12.1 Å². The number of carbonyl (C=O) groups is 2. The minimum Gasteiger partial charge on any atom is -0.436 e. The third-order valence-corrected chi connectivity index (χ3v) is 0.613. The number of ether oxygens (including phenoxy) is 1. The van der Waals surface area contributed by atoms with Gasteiger partial charge in [0, 0.05) is 0 Å². The molecule has 0 bridgehead atoms. The van der Waals surface area contributed by atoms with Crippen LogP contribution in [0.25, 0.3) is 0 Å². The Morgan fingerprint density at radius 1 is 1.67 bits per heavy atom. The molecule has 0 rings (SSSR count). The first-order valence-corrected chi connectivity index (χ1v) is 2.19. The van der Waals surface area contributed by atoms with E-state index in [1.165, 1.54) is 0 Å². The monoisotopic (exact) mass is 135 g/mol. The maximum absolute atomic E-state index is 11.5. The highest BCUT2D eigenvalue weighted by atomic mass is 19.1. The second kappa shape index (κ2) is 3.01. The third kappa shape index (κ3) is 3.45. The molecule has 0 aliphatic carbocycles. The second-order valence-corrected chi connectivity index (χ2v) is 1.38. The number of carbonyl (C=O) groups excluding carboxylic acids is 2. The maximum Gasteiger partial charge on any atom is 0.405 e. The molecule has 2 N–H and O–H groups in total. The molecule has 0 saturated heterocycles. The average Bonchev–Trinajstić information content (AvgIpc) is 1.63. The van der Waals surface area contributed by atoms with Gasteiger partial charge in [-0.2, -0.15) is 4.39 Å². The molecular formula is C4H6FNO3. The Morgan fingerprint density at radius 2 is 2.11 bits per heavy atom. The molecule has 0 aliphatic rings. The second-order valence-electron chi connectivity index (χ2n) is 1.38. The Balaban J connectivity index is 3.63. The van der Waals surface area contributed by atoms with Crippen molar-refractivity contribution < 1.29 is 18.7 Å². The lowest BCUT2D eigenvalue weighted by Crippen LogP contribution is -2.24. The van der Waals surface area contributed by atoms with Crippen molar-refractivity contribution in [1.82, 2.24) is 0 Å². The van der Waals surface area contributed by atoms with Crippen molar-refractivity contribution in [1.29, 1.82) is 0 Å². The van der Waals surface area contributed by atoms with E-state index < -0.39 is 18.2 Å². The van der Waals surface area contributed by atoms with Crippen molar-refractivity contribution in [2.45, 2.75) is 13.0 Å². The van der Waals surface area contributed by atoms with Crippen LogP contribution in [-0.4, -0.2) is 18.2 Å². The number of hydrogen-bond acceptors (Lipinski definition) is 3. The van der Waals surface area contributed by atoms with Crippen LogP contribution < -0.4 is 5.73 Å². The predicted octanol–water partition coefficient (Wildman–Crippen LogP) is -0.0337. The lowest BCUT2D eigenvalue weighted by atomic mass is 10.4. The van der Waals surface area contributed by atoms with Crippen LogP contribution in [0.15, 0.2) is 0 Å². The molecule has 0 unspecified atom stereocenters. The van der Waals surface area contributed by atoms with Gasteiger partial charge in [0.25, 0.3) is 0 Å². The summed E-state index contributed by atoms with van der Waals surface area (Å²) in [7, 11) is 0. The van der Waals surface area contributed by atoms with Gasteiger partial charge in [0.2, 0.25) is 0 Å². The summed E-state index contributed by atoms with van der Waals surface area (Å²) in [6, 6.07) is -1.71. The minimum atomic E-state index is -1.71. The van der Waals surface area contributed by atoms with Gasteiger partial charge in [0.1, 0.15) is 0 Å². The molecule has 5 heteroatoms. The summed E-state index contributed by atoms with van der Waals surface area (Å²) < 4.78 is 15.4. The Morgan fingerprint density at radius 3 is 2.22 bits per heavy atom. The fourth-order valence-electron chi connectivity index (χ4n) is 0.221. The molecule has 0 heterocycles. The minimum absolute atomic E-state index is 1.09. The molecule has 1 atom stereocenters. The Bertz CT molecular complexity index is 136. The van der Waals surface area contributed by atoms with Gasteiger partial charge < -0.3 is 10.5 Å². The molecule has 0 aromatic carbocycles. The number of hydrogen-bond donors (Lipinski definition) is 1. The lowest BCUT2D eigenvalue weighted by Gasteiger charge is -2.02. The molecule has 0 aliphatic heterocycles. The zero-order chi connectivity index (χ0) is 7.44. The van der Waals surface area contributed by atoms with Gasteiger partial charge in [0.05, 0.1) is 0 Å². The van der Waals surface area contributed by atoms with Crippen molar-refractivity contribution in [2.24, 2.45) is 5.73 Å². The van der Waals surface area contributed by atoms with Crippen LogP contribution in [0, 0.1) is 0 Å². The Kier molecular flexibility index (Phi) is 2.63. The summed E-state index contributed by atoms with van der Waals surface area (Å²) in [5.41, 5.74) is 4.45.